The molecule has 0 amide bonds. The van der Waals surface area contributed by atoms with Crippen LogP contribution in [-0.2, 0) is 6.54 Å². The van der Waals surface area contributed by atoms with Gasteiger partial charge in [0.25, 0.3) is 0 Å². The molecule has 1 N–H and O–H groups in total. The normalized spacial score (nSPS) is 10.4. The monoisotopic (exact) mass is 193 g/mol. The molecule has 0 radical (unpaired) electrons. The van der Waals surface area contributed by atoms with Gasteiger partial charge in [0.05, 0.1) is 5.69 Å². The van der Waals surface area contributed by atoms with Gasteiger partial charge in [0, 0.05) is 12.7 Å². The van der Waals surface area contributed by atoms with Crippen molar-refractivity contribution in [2.45, 2.75) is 39.2 Å². The Morgan fingerprint density at radius 2 is 2.21 bits per heavy atom. The smallest absolute Gasteiger partial charge is 0.0768 e. The van der Waals surface area contributed by atoms with Crippen LogP contribution in [0.5, 0.6) is 0 Å². The molecular weight excluding hydrogens is 174 g/mol. The first kappa shape index (κ1) is 11.1. The van der Waals surface area contributed by atoms with Crippen LogP contribution < -0.4 is 5.32 Å². The summed E-state index contributed by atoms with van der Waals surface area (Å²) in [7, 11) is 0. The number of nitrogens with one attached hydrogen (secondary N) is 1. The first-order valence-corrected chi connectivity index (χ1v) is 5.40. The lowest BCUT2D eigenvalue weighted by Crippen LogP contribution is -2.15. The quantitative estimate of drug-likeness (QED) is 0.674. The summed E-state index contributed by atoms with van der Waals surface area (Å²) in [4.78, 5) is 0. The largest absolute Gasteiger partial charge is 0.311 e. The molecule has 0 aliphatic carbocycles. The molecule has 0 atom stereocenters. The average molecular weight is 193 g/mol. The fourth-order valence-electron chi connectivity index (χ4n) is 1.32. The number of aromatic nitrogens is 2. The fourth-order valence-corrected chi connectivity index (χ4v) is 1.32. The van der Waals surface area contributed by atoms with Crippen molar-refractivity contribution in [2.24, 2.45) is 0 Å². The van der Waals surface area contributed by atoms with Crippen LogP contribution in [0.1, 0.15) is 38.3 Å². The molecule has 0 saturated heterocycles. The van der Waals surface area contributed by atoms with E-state index in [4.69, 9.17) is 0 Å². The van der Waals surface area contributed by atoms with E-state index in [-0.39, 0.29) is 0 Å². The first-order chi connectivity index (χ1) is 6.93. The van der Waals surface area contributed by atoms with Crippen LogP contribution in [0.15, 0.2) is 18.3 Å². The van der Waals surface area contributed by atoms with Gasteiger partial charge in [-0.05, 0) is 25.1 Å². The Kier molecular flexibility index (Phi) is 5.91. The zero-order chi connectivity index (χ0) is 10.1. The Balaban J connectivity index is 1.99. The summed E-state index contributed by atoms with van der Waals surface area (Å²) in [6.45, 7) is 4.14. The maximum Gasteiger partial charge on any atom is 0.0768 e. The molecule has 0 aliphatic rings. The Hall–Kier alpha value is -0.960. The van der Waals surface area contributed by atoms with Gasteiger partial charge < -0.3 is 5.32 Å². The molecule has 1 rings (SSSR count). The lowest BCUT2D eigenvalue weighted by molar-refractivity contribution is 0.591. The molecule has 0 unspecified atom stereocenters. The molecule has 0 saturated carbocycles. The summed E-state index contributed by atoms with van der Waals surface area (Å²) >= 11 is 0. The summed E-state index contributed by atoms with van der Waals surface area (Å²) in [6, 6.07) is 3.91. The van der Waals surface area contributed by atoms with Crippen molar-refractivity contribution in [1.82, 2.24) is 15.5 Å². The molecule has 0 aromatic carbocycles. The highest BCUT2D eigenvalue weighted by molar-refractivity contribution is 4.98. The second-order valence-electron chi connectivity index (χ2n) is 3.45. The second-order valence-corrected chi connectivity index (χ2v) is 3.45. The van der Waals surface area contributed by atoms with Gasteiger partial charge in [-0.3, -0.25) is 0 Å². The van der Waals surface area contributed by atoms with Crippen molar-refractivity contribution in [3.63, 3.8) is 0 Å². The molecular formula is C11H19N3. The van der Waals surface area contributed by atoms with Gasteiger partial charge in [-0.15, -0.1) is 0 Å². The van der Waals surface area contributed by atoms with Gasteiger partial charge in [-0.1, -0.05) is 26.2 Å². The zero-order valence-electron chi connectivity index (χ0n) is 8.87. The Morgan fingerprint density at radius 1 is 1.29 bits per heavy atom. The van der Waals surface area contributed by atoms with Crippen molar-refractivity contribution >= 4 is 0 Å². The Morgan fingerprint density at radius 3 is 2.93 bits per heavy atom. The predicted molar refractivity (Wildman–Crippen MR) is 57.9 cm³/mol. The Bertz CT molecular complexity index is 223. The van der Waals surface area contributed by atoms with E-state index in [2.05, 4.69) is 22.4 Å². The minimum absolute atomic E-state index is 0.833. The highest BCUT2D eigenvalue weighted by Crippen LogP contribution is 1.97. The fraction of sp³-hybridized carbons (Fsp3) is 0.636. The number of hydrogen-bond acceptors (Lipinski definition) is 3. The molecule has 0 spiro atoms. The standard InChI is InChI=1S/C11H19N3/c1-2-3-4-5-8-12-10-11-7-6-9-13-14-11/h6-7,9,12H,2-5,8,10H2,1H3. The van der Waals surface area contributed by atoms with Crippen LogP contribution in [0.2, 0.25) is 0 Å². The van der Waals surface area contributed by atoms with E-state index >= 15 is 0 Å². The second kappa shape index (κ2) is 7.44. The summed E-state index contributed by atoms with van der Waals surface area (Å²) < 4.78 is 0. The van der Waals surface area contributed by atoms with E-state index in [1.807, 2.05) is 12.1 Å². The van der Waals surface area contributed by atoms with E-state index in [0.717, 1.165) is 18.8 Å². The van der Waals surface area contributed by atoms with Gasteiger partial charge in [0.2, 0.25) is 0 Å². The summed E-state index contributed by atoms with van der Waals surface area (Å²) in [5.74, 6) is 0. The highest BCUT2D eigenvalue weighted by atomic mass is 15.1. The lowest BCUT2D eigenvalue weighted by Gasteiger charge is -2.02. The van der Waals surface area contributed by atoms with Crippen molar-refractivity contribution in [3.05, 3.63) is 24.0 Å². The average Bonchev–Trinajstić information content (AvgIpc) is 2.25. The van der Waals surface area contributed by atoms with Crippen LogP contribution in [0.3, 0.4) is 0 Å². The Labute approximate surface area is 85.9 Å². The van der Waals surface area contributed by atoms with Gasteiger partial charge in [0.15, 0.2) is 0 Å². The lowest BCUT2D eigenvalue weighted by atomic mass is 10.2. The third kappa shape index (κ3) is 4.92. The van der Waals surface area contributed by atoms with E-state index in [9.17, 15) is 0 Å². The van der Waals surface area contributed by atoms with Crippen molar-refractivity contribution in [3.8, 4) is 0 Å². The molecule has 1 aromatic rings. The summed E-state index contributed by atoms with van der Waals surface area (Å²) in [5.41, 5.74) is 1.02. The maximum absolute atomic E-state index is 4.00. The molecule has 1 aromatic heterocycles. The minimum Gasteiger partial charge on any atom is -0.311 e. The van der Waals surface area contributed by atoms with Crippen molar-refractivity contribution in [1.29, 1.82) is 0 Å². The van der Waals surface area contributed by atoms with Gasteiger partial charge in [0.1, 0.15) is 0 Å². The third-order valence-electron chi connectivity index (χ3n) is 2.14. The predicted octanol–water partition coefficient (Wildman–Crippen LogP) is 2.15. The zero-order valence-corrected chi connectivity index (χ0v) is 8.87. The SMILES string of the molecule is CCCCCCNCc1cccnn1. The molecule has 0 aliphatic heterocycles. The van der Waals surface area contributed by atoms with Crippen LogP contribution in [0.4, 0.5) is 0 Å². The van der Waals surface area contributed by atoms with Crippen molar-refractivity contribution < 1.29 is 0 Å². The number of nitrogens with zero attached hydrogens (tertiary/aromatic N) is 2. The van der Waals surface area contributed by atoms with Gasteiger partial charge in [-0.2, -0.15) is 10.2 Å². The molecule has 0 fully saturated rings. The van der Waals surface area contributed by atoms with Crippen LogP contribution in [0.25, 0.3) is 0 Å². The van der Waals surface area contributed by atoms with E-state index < -0.39 is 0 Å². The molecule has 14 heavy (non-hydrogen) atoms. The molecule has 3 heteroatoms. The first-order valence-electron chi connectivity index (χ1n) is 5.40. The molecule has 1 heterocycles. The van der Waals surface area contributed by atoms with Crippen LogP contribution in [0, 0.1) is 0 Å². The molecule has 0 bridgehead atoms. The minimum atomic E-state index is 0.833. The number of hydrogen-bond donors (Lipinski definition) is 1. The van der Waals surface area contributed by atoms with Gasteiger partial charge in [-0.25, -0.2) is 0 Å². The molecule has 3 nitrogen and oxygen atoms in total. The van der Waals surface area contributed by atoms with E-state index in [1.165, 1.54) is 25.7 Å². The topological polar surface area (TPSA) is 37.8 Å². The van der Waals surface area contributed by atoms with E-state index in [1.54, 1.807) is 6.20 Å². The van der Waals surface area contributed by atoms with Gasteiger partial charge >= 0.3 is 0 Å². The number of rotatable bonds is 7. The van der Waals surface area contributed by atoms with Crippen LogP contribution >= 0.6 is 0 Å². The van der Waals surface area contributed by atoms with Crippen molar-refractivity contribution in [2.75, 3.05) is 6.54 Å². The van der Waals surface area contributed by atoms with Crippen LogP contribution in [-0.4, -0.2) is 16.7 Å². The molecule has 78 valence electrons. The highest BCUT2D eigenvalue weighted by Gasteiger charge is 1.92. The number of unbranched alkanes of at least 4 members (excludes halogenated alkanes) is 3. The summed E-state index contributed by atoms with van der Waals surface area (Å²) in [5, 5.41) is 11.2. The van der Waals surface area contributed by atoms with E-state index in [0.29, 0.717) is 0 Å². The summed E-state index contributed by atoms with van der Waals surface area (Å²) in [6.07, 6.45) is 6.92. The maximum atomic E-state index is 4.00. The third-order valence-corrected chi connectivity index (χ3v) is 2.14.